The van der Waals surface area contributed by atoms with Crippen LogP contribution < -0.4 is 10.0 Å². The van der Waals surface area contributed by atoms with E-state index in [1.54, 1.807) is 34.1 Å². The molecule has 0 aliphatic carbocycles. The summed E-state index contributed by atoms with van der Waals surface area (Å²) in [6, 6.07) is 9.48. The van der Waals surface area contributed by atoms with Gasteiger partial charge in [-0.1, -0.05) is 13.8 Å². The van der Waals surface area contributed by atoms with Gasteiger partial charge in [0.2, 0.25) is 10.0 Å². The Morgan fingerprint density at radius 3 is 2.25 bits per heavy atom. The largest absolute Gasteiger partial charge is 0.348 e. The van der Waals surface area contributed by atoms with Crippen molar-refractivity contribution < 1.29 is 13.2 Å². The molecule has 0 spiro atoms. The summed E-state index contributed by atoms with van der Waals surface area (Å²) in [6.07, 6.45) is 3.31. The average Bonchev–Trinajstić information content (AvgIpc) is 2.51. The number of amides is 1. The van der Waals surface area contributed by atoms with Crippen molar-refractivity contribution in [3.63, 3.8) is 0 Å². The van der Waals surface area contributed by atoms with Gasteiger partial charge in [0, 0.05) is 24.5 Å². The Morgan fingerprint density at radius 2 is 1.71 bits per heavy atom. The Bertz CT molecular complexity index is 801. The molecular formula is C16H20BN3O3S. The lowest BCUT2D eigenvalue weighted by molar-refractivity contribution is 0.0951. The van der Waals surface area contributed by atoms with Crippen LogP contribution in [0, 0.1) is 0 Å². The van der Waals surface area contributed by atoms with Crippen molar-refractivity contribution >= 4 is 23.8 Å². The van der Waals surface area contributed by atoms with Crippen molar-refractivity contribution in [3.8, 4) is 0 Å². The Kier molecular flexibility index (Phi) is 5.41. The molecule has 0 unspecified atom stereocenters. The SMILES string of the molecule is BC(C)(C)NS(=O)(=O)c1ccc(C(=O)NCc2ccncc2)cc1. The van der Waals surface area contributed by atoms with Gasteiger partial charge < -0.3 is 5.32 Å². The van der Waals surface area contributed by atoms with Crippen LogP contribution >= 0.6 is 0 Å². The van der Waals surface area contributed by atoms with Crippen molar-refractivity contribution in [3.05, 3.63) is 59.9 Å². The molecule has 6 nitrogen and oxygen atoms in total. The molecule has 2 aromatic rings. The molecule has 0 aliphatic rings. The van der Waals surface area contributed by atoms with Gasteiger partial charge in [-0.2, -0.15) is 0 Å². The summed E-state index contributed by atoms with van der Waals surface area (Å²) in [6.45, 7) is 3.92. The quantitative estimate of drug-likeness (QED) is 0.753. The van der Waals surface area contributed by atoms with Crippen LogP contribution in [0.15, 0.2) is 53.7 Å². The average molecular weight is 345 g/mol. The molecule has 1 heterocycles. The third kappa shape index (κ3) is 5.18. The second-order valence-electron chi connectivity index (χ2n) is 6.42. The number of benzene rings is 1. The van der Waals surface area contributed by atoms with Crippen molar-refractivity contribution in [2.45, 2.75) is 30.7 Å². The summed E-state index contributed by atoms with van der Waals surface area (Å²) >= 11 is 0. The van der Waals surface area contributed by atoms with Gasteiger partial charge in [0.05, 0.1) is 4.90 Å². The summed E-state index contributed by atoms with van der Waals surface area (Å²) < 4.78 is 27.0. The summed E-state index contributed by atoms with van der Waals surface area (Å²) in [5.41, 5.74) is 0.769. The Morgan fingerprint density at radius 1 is 1.12 bits per heavy atom. The molecule has 1 amide bonds. The maximum Gasteiger partial charge on any atom is 0.251 e. The first-order valence-corrected chi connectivity index (χ1v) is 8.97. The minimum absolute atomic E-state index is 0.128. The predicted molar refractivity (Wildman–Crippen MR) is 94.8 cm³/mol. The minimum Gasteiger partial charge on any atom is -0.348 e. The zero-order chi connectivity index (χ0) is 17.8. The Balaban J connectivity index is 2.05. The maximum absolute atomic E-state index is 12.2. The van der Waals surface area contributed by atoms with Crippen LogP contribution in [-0.4, -0.2) is 32.6 Å². The van der Waals surface area contributed by atoms with Gasteiger partial charge in [-0.15, -0.1) is 0 Å². The van der Waals surface area contributed by atoms with E-state index in [0.717, 1.165) is 5.56 Å². The normalized spacial score (nSPS) is 11.9. The first kappa shape index (κ1) is 18.2. The molecule has 0 atom stereocenters. The third-order valence-electron chi connectivity index (χ3n) is 3.07. The molecule has 0 aliphatic heterocycles. The van der Waals surface area contributed by atoms with E-state index in [2.05, 4.69) is 15.0 Å². The molecule has 1 aromatic carbocycles. The van der Waals surface area contributed by atoms with Crippen LogP contribution in [0.2, 0.25) is 0 Å². The van der Waals surface area contributed by atoms with E-state index in [0.29, 0.717) is 12.1 Å². The number of pyridine rings is 1. The highest BCUT2D eigenvalue weighted by Gasteiger charge is 2.22. The number of nitrogens with zero attached hydrogens (tertiary/aromatic N) is 1. The number of hydrogen-bond donors (Lipinski definition) is 2. The number of carbonyl (C=O) groups excluding carboxylic acids is 1. The van der Waals surface area contributed by atoms with Crippen molar-refractivity contribution in [2.24, 2.45) is 0 Å². The summed E-state index contributed by atoms with van der Waals surface area (Å²) in [5.74, 6) is -0.264. The van der Waals surface area contributed by atoms with Crippen LogP contribution in [0.4, 0.5) is 0 Å². The minimum atomic E-state index is -3.60. The highest BCUT2D eigenvalue weighted by molar-refractivity contribution is 7.89. The molecule has 0 saturated heterocycles. The molecule has 0 saturated carbocycles. The summed E-state index contributed by atoms with van der Waals surface area (Å²) in [4.78, 5) is 16.2. The smallest absolute Gasteiger partial charge is 0.251 e. The van der Waals surface area contributed by atoms with E-state index >= 15 is 0 Å². The van der Waals surface area contributed by atoms with E-state index in [-0.39, 0.29) is 10.8 Å². The number of sulfonamides is 1. The third-order valence-corrected chi connectivity index (χ3v) is 4.84. The van der Waals surface area contributed by atoms with Gasteiger partial charge in [-0.3, -0.25) is 9.78 Å². The van der Waals surface area contributed by atoms with Crippen molar-refractivity contribution in [1.29, 1.82) is 0 Å². The monoisotopic (exact) mass is 345 g/mol. The lowest BCUT2D eigenvalue weighted by Gasteiger charge is -2.20. The summed E-state index contributed by atoms with van der Waals surface area (Å²) in [7, 11) is -1.84. The van der Waals surface area contributed by atoms with Gasteiger partial charge in [-0.25, -0.2) is 13.1 Å². The molecule has 0 radical (unpaired) electrons. The van der Waals surface area contributed by atoms with Crippen LogP contribution in [0.3, 0.4) is 0 Å². The number of nitrogens with one attached hydrogen (secondary N) is 2. The fourth-order valence-electron chi connectivity index (χ4n) is 2.03. The summed E-state index contributed by atoms with van der Waals surface area (Å²) in [5, 5.41) is 2.78. The molecule has 24 heavy (non-hydrogen) atoms. The maximum atomic E-state index is 12.2. The molecule has 1 aromatic heterocycles. The first-order valence-electron chi connectivity index (χ1n) is 7.48. The van der Waals surface area contributed by atoms with E-state index in [1.165, 1.54) is 24.3 Å². The number of hydrogen-bond acceptors (Lipinski definition) is 4. The fourth-order valence-corrected chi connectivity index (χ4v) is 3.45. The van der Waals surface area contributed by atoms with Gasteiger partial charge in [0.15, 0.2) is 0 Å². The number of aromatic nitrogens is 1. The van der Waals surface area contributed by atoms with E-state index < -0.39 is 15.5 Å². The lowest BCUT2D eigenvalue weighted by Crippen LogP contribution is -2.43. The number of rotatable bonds is 6. The van der Waals surface area contributed by atoms with E-state index in [1.807, 2.05) is 12.1 Å². The highest BCUT2D eigenvalue weighted by Crippen LogP contribution is 2.13. The molecule has 2 N–H and O–H groups in total. The molecular weight excluding hydrogens is 325 g/mol. The second kappa shape index (κ2) is 7.15. The van der Waals surface area contributed by atoms with E-state index in [4.69, 9.17) is 0 Å². The van der Waals surface area contributed by atoms with Gasteiger partial charge in [-0.05, 0) is 47.4 Å². The van der Waals surface area contributed by atoms with Gasteiger partial charge in [0.25, 0.3) is 5.91 Å². The van der Waals surface area contributed by atoms with Crippen LogP contribution in [-0.2, 0) is 16.6 Å². The highest BCUT2D eigenvalue weighted by atomic mass is 32.2. The Labute approximate surface area is 143 Å². The van der Waals surface area contributed by atoms with Gasteiger partial charge in [0.1, 0.15) is 7.85 Å². The molecule has 0 fully saturated rings. The standard InChI is InChI=1S/C16H20BN3O3S/c1-16(2,17)20-24(22,23)14-5-3-13(4-6-14)15(21)19-11-12-7-9-18-10-8-12/h3-10,20H,11,17H2,1-2H3,(H,19,21). The fraction of sp³-hybridized carbons (Fsp3) is 0.250. The van der Waals surface area contributed by atoms with Crippen LogP contribution in [0.5, 0.6) is 0 Å². The van der Waals surface area contributed by atoms with Crippen LogP contribution in [0.25, 0.3) is 0 Å². The predicted octanol–water partition coefficient (Wildman–Crippen LogP) is 0.659. The number of carbonyl (C=O) groups is 1. The van der Waals surface area contributed by atoms with Crippen molar-refractivity contribution in [2.75, 3.05) is 0 Å². The van der Waals surface area contributed by atoms with Crippen molar-refractivity contribution in [1.82, 2.24) is 15.0 Å². The second-order valence-corrected chi connectivity index (χ2v) is 8.10. The molecule has 8 heteroatoms. The van der Waals surface area contributed by atoms with Crippen LogP contribution in [0.1, 0.15) is 29.8 Å². The van der Waals surface area contributed by atoms with E-state index in [9.17, 15) is 13.2 Å². The first-order chi connectivity index (χ1) is 11.2. The lowest BCUT2D eigenvalue weighted by atomic mass is 9.83. The Hall–Kier alpha value is -2.19. The zero-order valence-electron chi connectivity index (χ0n) is 13.9. The zero-order valence-corrected chi connectivity index (χ0v) is 14.7. The van der Waals surface area contributed by atoms with Gasteiger partial charge >= 0.3 is 0 Å². The molecule has 2 rings (SSSR count). The topological polar surface area (TPSA) is 88.2 Å². The molecule has 0 bridgehead atoms. The molecule has 126 valence electrons.